The van der Waals surface area contributed by atoms with Crippen LogP contribution in [0.4, 0.5) is 0 Å². The second-order valence-electron chi connectivity index (χ2n) is 3.77. The first-order valence-corrected chi connectivity index (χ1v) is 7.64. The molecule has 0 saturated carbocycles. The Kier molecular flexibility index (Phi) is 4.01. The van der Waals surface area contributed by atoms with E-state index in [1.165, 1.54) is 12.1 Å². The van der Waals surface area contributed by atoms with Crippen molar-refractivity contribution in [1.82, 2.24) is 0 Å². The van der Waals surface area contributed by atoms with E-state index < -0.39 is 10.0 Å². The van der Waals surface area contributed by atoms with E-state index in [1.807, 2.05) is 6.07 Å². The van der Waals surface area contributed by atoms with Gasteiger partial charge in [-0.1, -0.05) is 46.3 Å². The molecule has 0 aliphatic rings. The number of nitrogens with zero attached hydrogens (tertiary/aromatic N) is 1. The van der Waals surface area contributed by atoms with E-state index in [0.29, 0.717) is 5.56 Å². The van der Waals surface area contributed by atoms with Gasteiger partial charge in [-0.15, -0.1) is 4.40 Å². The molecule has 19 heavy (non-hydrogen) atoms. The molecule has 2 aromatic carbocycles. The predicted molar refractivity (Wildman–Crippen MR) is 78.5 cm³/mol. The van der Waals surface area contributed by atoms with Gasteiger partial charge in [0, 0.05) is 10.0 Å². The third-order valence-corrected chi connectivity index (χ3v) is 4.23. The molecule has 0 unspecified atom stereocenters. The summed E-state index contributed by atoms with van der Waals surface area (Å²) in [7, 11) is -3.78. The molecule has 0 aliphatic heterocycles. The van der Waals surface area contributed by atoms with Gasteiger partial charge in [-0.25, -0.2) is 0 Å². The maximum atomic E-state index is 12.0. The van der Waals surface area contributed by atoms with Gasteiger partial charge in [0.1, 0.15) is 5.84 Å². The third kappa shape index (κ3) is 3.42. The van der Waals surface area contributed by atoms with Crippen LogP contribution >= 0.6 is 15.9 Å². The van der Waals surface area contributed by atoms with Crippen molar-refractivity contribution in [2.45, 2.75) is 4.90 Å². The van der Waals surface area contributed by atoms with E-state index >= 15 is 0 Å². The van der Waals surface area contributed by atoms with Gasteiger partial charge in [0.15, 0.2) is 0 Å². The summed E-state index contributed by atoms with van der Waals surface area (Å²) in [5.74, 6) is -0.0245. The van der Waals surface area contributed by atoms with Crippen molar-refractivity contribution in [1.29, 1.82) is 0 Å². The van der Waals surface area contributed by atoms with Gasteiger partial charge in [0.05, 0.1) is 4.90 Å². The number of nitrogens with two attached hydrogens (primary N) is 1. The summed E-state index contributed by atoms with van der Waals surface area (Å²) < 4.78 is 28.5. The number of hydrogen-bond acceptors (Lipinski definition) is 2. The van der Waals surface area contributed by atoms with Crippen LogP contribution in [0.15, 0.2) is 68.4 Å². The zero-order chi connectivity index (χ0) is 13.9. The highest BCUT2D eigenvalue weighted by atomic mass is 79.9. The molecule has 0 amide bonds. The number of amidine groups is 1. The summed E-state index contributed by atoms with van der Waals surface area (Å²) in [4.78, 5) is 0.106. The second-order valence-corrected chi connectivity index (χ2v) is 6.29. The number of hydrogen-bond donors (Lipinski definition) is 1. The quantitative estimate of drug-likeness (QED) is 0.690. The molecule has 0 heterocycles. The van der Waals surface area contributed by atoms with Crippen LogP contribution in [0.3, 0.4) is 0 Å². The van der Waals surface area contributed by atoms with Crippen LogP contribution in [0.1, 0.15) is 5.56 Å². The molecule has 0 aromatic heterocycles. The molecule has 0 atom stereocenters. The number of rotatable bonds is 3. The molecular formula is C13H11BrN2O2S. The summed E-state index contributed by atoms with van der Waals surface area (Å²) in [6, 6.07) is 15.0. The van der Waals surface area contributed by atoms with Gasteiger partial charge >= 0.3 is 0 Å². The van der Waals surface area contributed by atoms with Crippen molar-refractivity contribution < 1.29 is 8.42 Å². The van der Waals surface area contributed by atoms with E-state index in [2.05, 4.69) is 20.3 Å². The minimum absolute atomic E-state index is 0.0245. The van der Waals surface area contributed by atoms with E-state index in [0.717, 1.165) is 4.47 Å². The van der Waals surface area contributed by atoms with Gasteiger partial charge in [0.2, 0.25) is 0 Å². The highest BCUT2D eigenvalue weighted by Crippen LogP contribution is 2.17. The maximum Gasteiger partial charge on any atom is 0.284 e. The zero-order valence-electron chi connectivity index (χ0n) is 9.82. The number of benzene rings is 2. The van der Waals surface area contributed by atoms with Crippen LogP contribution in [0.25, 0.3) is 0 Å². The van der Waals surface area contributed by atoms with Crippen LogP contribution in [0, 0.1) is 0 Å². The second kappa shape index (κ2) is 5.54. The fourth-order valence-corrected chi connectivity index (χ4v) is 2.66. The van der Waals surface area contributed by atoms with E-state index in [9.17, 15) is 8.42 Å². The Labute approximate surface area is 120 Å². The summed E-state index contributed by atoms with van der Waals surface area (Å²) in [5.41, 5.74) is 6.28. The van der Waals surface area contributed by atoms with Crippen molar-refractivity contribution in [3.63, 3.8) is 0 Å². The standard InChI is InChI=1S/C13H11BrN2O2S/c14-11-6-8-12(9-7-11)19(17,18)16-13(15)10-4-2-1-3-5-10/h1-9H,(H2,15,16). The smallest absolute Gasteiger partial charge is 0.284 e. The van der Waals surface area contributed by atoms with Crippen LogP contribution in [-0.4, -0.2) is 14.3 Å². The lowest BCUT2D eigenvalue weighted by atomic mass is 10.2. The molecule has 6 heteroatoms. The van der Waals surface area contributed by atoms with Gasteiger partial charge in [-0.3, -0.25) is 0 Å². The molecule has 2 N–H and O–H groups in total. The van der Waals surface area contributed by atoms with Crippen LogP contribution in [0.2, 0.25) is 0 Å². The monoisotopic (exact) mass is 338 g/mol. The van der Waals surface area contributed by atoms with Crippen molar-refractivity contribution >= 4 is 31.8 Å². The van der Waals surface area contributed by atoms with Crippen molar-refractivity contribution in [2.75, 3.05) is 0 Å². The van der Waals surface area contributed by atoms with Gasteiger partial charge in [-0.2, -0.15) is 8.42 Å². The average Bonchev–Trinajstić information content (AvgIpc) is 2.40. The van der Waals surface area contributed by atoms with Gasteiger partial charge in [-0.05, 0) is 24.3 Å². The highest BCUT2D eigenvalue weighted by molar-refractivity contribution is 9.10. The Balaban J connectivity index is 2.39. The molecule has 2 aromatic rings. The Hall–Kier alpha value is -1.66. The van der Waals surface area contributed by atoms with Gasteiger partial charge in [0.25, 0.3) is 10.0 Å². The predicted octanol–water partition coefficient (Wildman–Crippen LogP) is 2.54. The lowest BCUT2D eigenvalue weighted by Gasteiger charge is -2.02. The topological polar surface area (TPSA) is 72.5 Å². The summed E-state index contributed by atoms with van der Waals surface area (Å²) >= 11 is 3.24. The molecule has 0 bridgehead atoms. The molecule has 0 fully saturated rings. The van der Waals surface area contributed by atoms with E-state index in [-0.39, 0.29) is 10.7 Å². The SMILES string of the molecule is NC(=NS(=O)(=O)c1ccc(Br)cc1)c1ccccc1. The van der Waals surface area contributed by atoms with Crippen molar-refractivity contribution in [3.05, 3.63) is 64.6 Å². The Morgan fingerprint density at radius 2 is 1.58 bits per heavy atom. The summed E-state index contributed by atoms with van der Waals surface area (Å²) in [6.07, 6.45) is 0. The molecule has 0 spiro atoms. The normalized spacial score (nSPS) is 12.4. The molecule has 2 rings (SSSR count). The summed E-state index contributed by atoms with van der Waals surface area (Å²) in [6.45, 7) is 0. The fourth-order valence-electron chi connectivity index (χ4n) is 1.45. The Bertz CT molecular complexity index is 695. The Morgan fingerprint density at radius 3 is 2.16 bits per heavy atom. The first-order chi connectivity index (χ1) is 8.99. The highest BCUT2D eigenvalue weighted by Gasteiger charge is 2.13. The number of halogens is 1. The molecule has 4 nitrogen and oxygen atoms in total. The molecular weight excluding hydrogens is 328 g/mol. The molecule has 0 saturated heterocycles. The van der Waals surface area contributed by atoms with Gasteiger partial charge < -0.3 is 5.73 Å². The molecule has 0 aliphatic carbocycles. The lowest BCUT2D eigenvalue weighted by molar-refractivity contribution is 0.598. The van der Waals surface area contributed by atoms with Crippen molar-refractivity contribution in [3.8, 4) is 0 Å². The largest absolute Gasteiger partial charge is 0.383 e. The zero-order valence-corrected chi connectivity index (χ0v) is 12.2. The van der Waals surface area contributed by atoms with Crippen LogP contribution < -0.4 is 5.73 Å². The van der Waals surface area contributed by atoms with E-state index in [4.69, 9.17) is 5.73 Å². The van der Waals surface area contributed by atoms with E-state index in [1.54, 1.807) is 36.4 Å². The first-order valence-electron chi connectivity index (χ1n) is 5.40. The Morgan fingerprint density at radius 1 is 1.00 bits per heavy atom. The maximum absolute atomic E-state index is 12.0. The molecule has 98 valence electrons. The third-order valence-electron chi connectivity index (χ3n) is 2.40. The number of sulfonamides is 1. The fraction of sp³-hybridized carbons (Fsp3) is 0. The minimum atomic E-state index is -3.78. The lowest BCUT2D eigenvalue weighted by Crippen LogP contribution is -2.15. The van der Waals surface area contributed by atoms with Crippen LogP contribution in [0.5, 0.6) is 0 Å². The average molecular weight is 339 g/mol. The minimum Gasteiger partial charge on any atom is -0.383 e. The summed E-state index contributed by atoms with van der Waals surface area (Å²) in [5, 5.41) is 0. The molecule has 0 radical (unpaired) electrons. The first kappa shape index (κ1) is 13.8. The van der Waals surface area contributed by atoms with Crippen molar-refractivity contribution in [2.24, 2.45) is 10.1 Å². The van der Waals surface area contributed by atoms with Crippen LogP contribution in [-0.2, 0) is 10.0 Å².